The van der Waals surface area contributed by atoms with E-state index in [4.69, 9.17) is 4.74 Å². The fraction of sp³-hybridized carbons (Fsp3) is 0.476. The SMILES string of the molecule is C[Si](C)(C)CCOCn1ccc2c(-c3cnn(C4(CC#N)CN(C(=O)O)C4)c3)ncnc21. The molecule has 1 fully saturated rings. The number of aromatic nitrogens is 5. The minimum absolute atomic E-state index is 0.183. The van der Waals surface area contributed by atoms with Gasteiger partial charge in [-0.3, -0.25) is 4.68 Å². The zero-order valence-electron chi connectivity index (χ0n) is 18.5. The largest absolute Gasteiger partial charge is 0.465 e. The lowest BCUT2D eigenvalue weighted by molar-refractivity contribution is 0.0139. The molecule has 0 aromatic carbocycles. The third-order valence-electron chi connectivity index (χ3n) is 5.77. The van der Waals surface area contributed by atoms with Crippen molar-refractivity contribution >= 4 is 25.2 Å². The molecule has 1 aliphatic heterocycles. The summed E-state index contributed by atoms with van der Waals surface area (Å²) < 4.78 is 9.54. The Morgan fingerprint density at radius 2 is 2.12 bits per heavy atom. The number of hydrogen-bond acceptors (Lipinski definition) is 6. The maximum Gasteiger partial charge on any atom is 0.407 e. The van der Waals surface area contributed by atoms with Crippen LogP contribution in [-0.4, -0.2) is 68.2 Å². The molecule has 11 heteroatoms. The number of nitrogens with zero attached hydrogens (tertiary/aromatic N) is 7. The van der Waals surface area contributed by atoms with Crippen molar-refractivity contribution in [1.82, 2.24) is 29.2 Å². The molecule has 4 rings (SSSR count). The monoisotopic (exact) mass is 453 g/mol. The Balaban J connectivity index is 1.55. The molecule has 10 nitrogen and oxygen atoms in total. The standard InChI is InChI=1S/C21H27N7O3Si/c1-32(2,3)9-8-31-15-26-7-4-17-18(23-14-24-19(17)26)16-10-25-28(11-16)21(5-6-22)12-27(13-21)20(29)30/h4,7,10-11,14H,5,8-9,12-13,15H2,1-3H3,(H,29,30). The first-order valence-corrected chi connectivity index (χ1v) is 14.2. The quantitative estimate of drug-likeness (QED) is 0.410. The number of nitriles is 1. The van der Waals surface area contributed by atoms with Crippen LogP contribution in [0.2, 0.25) is 25.7 Å². The Morgan fingerprint density at radius 1 is 1.34 bits per heavy atom. The summed E-state index contributed by atoms with van der Waals surface area (Å²) >= 11 is 0. The van der Waals surface area contributed by atoms with Gasteiger partial charge in [0.05, 0.1) is 37.5 Å². The number of carbonyl (C=O) groups is 1. The van der Waals surface area contributed by atoms with Gasteiger partial charge in [-0.2, -0.15) is 10.4 Å². The number of ether oxygens (including phenoxy) is 1. The second-order valence-corrected chi connectivity index (χ2v) is 15.1. The highest BCUT2D eigenvalue weighted by Crippen LogP contribution is 2.34. The summed E-state index contributed by atoms with van der Waals surface area (Å²) in [4.78, 5) is 21.4. The van der Waals surface area contributed by atoms with Crippen molar-refractivity contribution in [3.8, 4) is 17.3 Å². The molecular weight excluding hydrogens is 426 g/mol. The average Bonchev–Trinajstić information content (AvgIpc) is 3.34. The summed E-state index contributed by atoms with van der Waals surface area (Å²) in [5.74, 6) is 0. The molecule has 1 amide bonds. The molecule has 0 bridgehead atoms. The van der Waals surface area contributed by atoms with Crippen LogP contribution in [0.1, 0.15) is 6.42 Å². The third kappa shape index (κ3) is 4.24. The van der Waals surface area contributed by atoms with Gasteiger partial charge in [0.1, 0.15) is 24.2 Å². The first kappa shape index (κ1) is 22.0. The van der Waals surface area contributed by atoms with E-state index >= 15 is 0 Å². The van der Waals surface area contributed by atoms with Crippen LogP contribution in [0, 0.1) is 11.3 Å². The molecule has 1 N–H and O–H groups in total. The molecule has 1 aliphatic rings. The van der Waals surface area contributed by atoms with Crippen molar-refractivity contribution in [3.63, 3.8) is 0 Å². The molecule has 3 aromatic rings. The van der Waals surface area contributed by atoms with E-state index in [0.29, 0.717) is 6.73 Å². The molecule has 168 valence electrons. The maximum absolute atomic E-state index is 11.2. The van der Waals surface area contributed by atoms with Crippen LogP contribution in [0.15, 0.2) is 31.0 Å². The van der Waals surface area contributed by atoms with Crippen molar-refractivity contribution in [3.05, 3.63) is 31.0 Å². The summed E-state index contributed by atoms with van der Waals surface area (Å²) in [6, 6.07) is 5.23. The molecule has 0 aliphatic carbocycles. The topological polar surface area (TPSA) is 122 Å². The summed E-state index contributed by atoms with van der Waals surface area (Å²) in [5.41, 5.74) is 1.67. The normalized spacial score (nSPS) is 15.5. The number of rotatable bonds is 8. The predicted octanol–water partition coefficient (Wildman–Crippen LogP) is 3.21. The van der Waals surface area contributed by atoms with Gasteiger partial charge in [0.15, 0.2) is 0 Å². The van der Waals surface area contributed by atoms with Gasteiger partial charge < -0.3 is 19.3 Å². The second-order valence-electron chi connectivity index (χ2n) is 9.46. The molecule has 0 saturated carbocycles. The molecule has 1 saturated heterocycles. The lowest BCUT2D eigenvalue weighted by Gasteiger charge is -2.47. The van der Waals surface area contributed by atoms with Crippen LogP contribution in [0.3, 0.4) is 0 Å². The minimum atomic E-state index is -1.14. The lowest BCUT2D eigenvalue weighted by Crippen LogP contribution is -2.64. The minimum Gasteiger partial charge on any atom is -0.465 e. The smallest absolute Gasteiger partial charge is 0.407 e. The molecule has 4 heterocycles. The Bertz CT molecular complexity index is 1170. The molecule has 0 radical (unpaired) electrons. The van der Waals surface area contributed by atoms with E-state index < -0.39 is 19.7 Å². The van der Waals surface area contributed by atoms with E-state index in [1.54, 1.807) is 10.9 Å². The highest BCUT2D eigenvalue weighted by molar-refractivity contribution is 6.76. The molecule has 32 heavy (non-hydrogen) atoms. The fourth-order valence-corrected chi connectivity index (χ4v) is 4.62. The van der Waals surface area contributed by atoms with Crippen molar-refractivity contribution < 1.29 is 14.6 Å². The number of hydrogen-bond donors (Lipinski definition) is 1. The second kappa shape index (κ2) is 8.37. The Labute approximate surface area is 187 Å². The Kier molecular flexibility index (Phi) is 5.75. The zero-order valence-corrected chi connectivity index (χ0v) is 19.5. The highest BCUT2D eigenvalue weighted by Gasteiger charge is 2.47. The summed E-state index contributed by atoms with van der Waals surface area (Å²) in [5, 5.41) is 23.8. The highest BCUT2D eigenvalue weighted by atomic mass is 28.3. The maximum atomic E-state index is 11.2. The van der Waals surface area contributed by atoms with Gasteiger partial charge in [0, 0.05) is 38.0 Å². The van der Waals surface area contributed by atoms with E-state index in [1.165, 1.54) is 11.2 Å². The van der Waals surface area contributed by atoms with Crippen LogP contribution < -0.4 is 0 Å². The van der Waals surface area contributed by atoms with E-state index in [-0.39, 0.29) is 19.5 Å². The number of likely N-dealkylation sites (tertiary alicyclic amines) is 1. The Morgan fingerprint density at radius 3 is 2.81 bits per heavy atom. The van der Waals surface area contributed by atoms with Gasteiger partial charge in [-0.05, 0) is 12.1 Å². The third-order valence-corrected chi connectivity index (χ3v) is 7.48. The van der Waals surface area contributed by atoms with Crippen LogP contribution in [-0.2, 0) is 17.0 Å². The van der Waals surface area contributed by atoms with Gasteiger partial charge in [-0.15, -0.1) is 0 Å². The van der Waals surface area contributed by atoms with Crippen molar-refractivity contribution in [1.29, 1.82) is 5.26 Å². The number of fused-ring (bicyclic) bond motifs is 1. The molecule has 3 aromatic heterocycles. The van der Waals surface area contributed by atoms with Crippen molar-refractivity contribution in [2.75, 3.05) is 19.7 Å². The molecule has 0 spiro atoms. The molecule has 0 unspecified atom stereocenters. The van der Waals surface area contributed by atoms with E-state index in [1.807, 2.05) is 23.0 Å². The van der Waals surface area contributed by atoms with E-state index in [2.05, 4.69) is 40.8 Å². The van der Waals surface area contributed by atoms with Gasteiger partial charge in [-0.1, -0.05) is 19.6 Å². The van der Waals surface area contributed by atoms with Gasteiger partial charge >= 0.3 is 6.09 Å². The fourth-order valence-electron chi connectivity index (χ4n) is 3.87. The number of carboxylic acid groups (broad SMARTS) is 1. The Hall–Kier alpha value is -3.23. The summed E-state index contributed by atoms with van der Waals surface area (Å²) in [6.07, 6.45) is 6.19. The zero-order chi connectivity index (χ0) is 22.9. The molecule has 0 atom stereocenters. The van der Waals surface area contributed by atoms with Crippen molar-refractivity contribution in [2.24, 2.45) is 0 Å². The first-order valence-electron chi connectivity index (χ1n) is 10.5. The van der Waals surface area contributed by atoms with Crippen molar-refractivity contribution in [2.45, 2.75) is 44.4 Å². The van der Waals surface area contributed by atoms with Crippen LogP contribution in [0.25, 0.3) is 22.3 Å². The van der Waals surface area contributed by atoms with Crippen LogP contribution in [0.4, 0.5) is 4.79 Å². The predicted molar refractivity (Wildman–Crippen MR) is 121 cm³/mol. The first-order chi connectivity index (χ1) is 15.2. The summed E-state index contributed by atoms with van der Waals surface area (Å²) in [6.45, 7) is 8.61. The van der Waals surface area contributed by atoms with E-state index in [9.17, 15) is 15.2 Å². The number of amides is 1. The van der Waals surface area contributed by atoms with Crippen LogP contribution in [0.5, 0.6) is 0 Å². The van der Waals surface area contributed by atoms with E-state index in [0.717, 1.165) is 34.9 Å². The van der Waals surface area contributed by atoms with Gasteiger partial charge in [0.2, 0.25) is 0 Å². The molecular formula is C21H27N7O3Si. The summed E-state index contributed by atoms with van der Waals surface area (Å²) in [7, 11) is -1.14. The lowest BCUT2D eigenvalue weighted by atomic mass is 9.87. The average molecular weight is 454 g/mol. The van der Waals surface area contributed by atoms with Gasteiger partial charge in [0.25, 0.3) is 0 Å². The van der Waals surface area contributed by atoms with Gasteiger partial charge in [-0.25, -0.2) is 14.8 Å². The van der Waals surface area contributed by atoms with Crippen LogP contribution >= 0.6 is 0 Å².